The Morgan fingerprint density at radius 2 is 1.14 bits per heavy atom. The summed E-state index contributed by atoms with van der Waals surface area (Å²) in [5, 5.41) is 0.971. The second-order valence-corrected chi connectivity index (χ2v) is 8.10. The largest absolute Gasteiger partial charge is 0.273 e. The fourth-order valence-corrected chi connectivity index (χ4v) is 4.33. The minimum Gasteiger partial charge on any atom is -0.273 e. The third-order valence-corrected chi connectivity index (χ3v) is 5.92. The van der Waals surface area contributed by atoms with Crippen LogP contribution in [0.2, 0.25) is 0 Å². The van der Waals surface area contributed by atoms with Gasteiger partial charge in [-0.2, -0.15) is 0 Å². The molecule has 35 heavy (non-hydrogen) atoms. The van der Waals surface area contributed by atoms with Crippen molar-refractivity contribution in [3.63, 3.8) is 0 Å². The Morgan fingerprint density at radius 1 is 0.514 bits per heavy atom. The SMILES string of the molecule is c1ccc(-c2cc(-c3ccccn3)nc(-c3nc4ccccc4c4nc5ccccc5n34)n2)nc1. The van der Waals surface area contributed by atoms with E-state index in [1.54, 1.807) is 12.4 Å². The summed E-state index contributed by atoms with van der Waals surface area (Å²) in [6, 6.07) is 29.5. The van der Waals surface area contributed by atoms with Gasteiger partial charge in [0.05, 0.1) is 39.3 Å². The van der Waals surface area contributed by atoms with Crippen LogP contribution in [0, 0.1) is 0 Å². The van der Waals surface area contributed by atoms with E-state index in [1.807, 2.05) is 95.4 Å². The Morgan fingerprint density at radius 3 is 1.83 bits per heavy atom. The molecule has 0 aliphatic rings. The molecule has 0 radical (unpaired) electrons. The van der Waals surface area contributed by atoms with Gasteiger partial charge in [-0.15, -0.1) is 0 Å². The van der Waals surface area contributed by atoms with Gasteiger partial charge in [0.1, 0.15) is 5.65 Å². The summed E-state index contributed by atoms with van der Waals surface area (Å²) in [4.78, 5) is 28.9. The maximum Gasteiger partial charge on any atom is 0.197 e. The topological polar surface area (TPSA) is 81.8 Å². The van der Waals surface area contributed by atoms with Gasteiger partial charge < -0.3 is 0 Å². The highest BCUT2D eigenvalue weighted by Gasteiger charge is 2.19. The van der Waals surface area contributed by atoms with Gasteiger partial charge in [0, 0.05) is 17.8 Å². The molecule has 7 nitrogen and oxygen atoms in total. The Balaban J connectivity index is 1.60. The zero-order valence-electron chi connectivity index (χ0n) is 18.4. The highest BCUT2D eigenvalue weighted by atomic mass is 15.1. The van der Waals surface area contributed by atoms with Crippen LogP contribution in [0.15, 0.2) is 103 Å². The number of para-hydroxylation sites is 3. The fourth-order valence-electron chi connectivity index (χ4n) is 4.33. The molecule has 0 fully saturated rings. The van der Waals surface area contributed by atoms with Crippen LogP contribution in [0.4, 0.5) is 0 Å². The van der Waals surface area contributed by atoms with E-state index < -0.39 is 0 Å². The molecular weight excluding hydrogens is 434 g/mol. The molecule has 0 amide bonds. The van der Waals surface area contributed by atoms with Crippen LogP contribution in [-0.4, -0.2) is 34.3 Å². The quantitative estimate of drug-likeness (QED) is 0.347. The van der Waals surface area contributed by atoms with Crippen molar-refractivity contribution in [2.45, 2.75) is 0 Å². The second-order valence-electron chi connectivity index (χ2n) is 8.10. The molecule has 7 aromatic rings. The highest BCUT2D eigenvalue weighted by molar-refractivity contribution is 5.98. The predicted molar refractivity (Wildman–Crippen MR) is 135 cm³/mol. The molecular formula is C28H17N7. The summed E-state index contributed by atoms with van der Waals surface area (Å²) < 4.78 is 2.04. The molecule has 7 heteroatoms. The molecule has 0 atom stereocenters. The first-order chi connectivity index (χ1) is 17.3. The van der Waals surface area contributed by atoms with Gasteiger partial charge in [-0.05, 0) is 54.6 Å². The van der Waals surface area contributed by atoms with Gasteiger partial charge in [-0.3, -0.25) is 14.4 Å². The van der Waals surface area contributed by atoms with Crippen LogP contribution in [0.25, 0.3) is 62.0 Å². The molecule has 164 valence electrons. The fraction of sp³-hybridized carbons (Fsp3) is 0. The Hall–Kier alpha value is -5.04. The van der Waals surface area contributed by atoms with Crippen LogP contribution < -0.4 is 0 Å². The summed E-state index contributed by atoms with van der Waals surface area (Å²) in [6.07, 6.45) is 3.51. The van der Waals surface area contributed by atoms with Crippen molar-refractivity contribution in [1.82, 2.24) is 34.3 Å². The van der Waals surface area contributed by atoms with Gasteiger partial charge in [0.25, 0.3) is 0 Å². The van der Waals surface area contributed by atoms with Crippen LogP contribution in [0.1, 0.15) is 0 Å². The summed E-state index contributed by atoms with van der Waals surface area (Å²) in [5.41, 5.74) is 6.38. The molecule has 0 bridgehead atoms. The molecule has 0 aliphatic carbocycles. The summed E-state index contributed by atoms with van der Waals surface area (Å²) >= 11 is 0. The second kappa shape index (κ2) is 7.78. The molecule has 2 aromatic carbocycles. The van der Waals surface area contributed by atoms with E-state index in [0.717, 1.165) is 39.0 Å². The summed E-state index contributed by atoms with van der Waals surface area (Å²) in [5.74, 6) is 1.09. The predicted octanol–water partition coefficient (Wildman–Crippen LogP) is 5.62. The zero-order chi connectivity index (χ0) is 23.2. The van der Waals surface area contributed by atoms with E-state index in [1.165, 1.54) is 0 Å². The molecule has 5 heterocycles. The molecule has 7 rings (SSSR count). The maximum atomic E-state index is 5.02. The summed E-state index contributed by atoms with van der Waals surface area (Å²) in [7, 11) is 0. The molecule has 0 saturated heterocycles. The molecule has 0 saturated carbocycles. The maximum absolute atomic E-state index is 5.02. The normalized spacial score (nSPS) is 11.4. The third-order valence-electron chi connectivity index (χ3n) is 5.92. The van der Waals surface area contributed by atoms with Crippen LogP contribution in [-0.2, 0) is 0 Å². The number of hydrogen-bond donors (Lipinski definition) is 0. The van der Waals surface area contributed by atoms with E-state index >= 15 is 0 Å². The lowest BCUT2D eigenvalue weighted by atomic mass is 10.2. The Labute approximate surface area is 199 Å². The van der Waals surface area contributed by atoms with E-state index in [4.69, 9.17) is 19.9 Å². The molecule has 0 N–H and O–H groups in total. The van der Waals surface area contributed by atoms with Gasteiger partial charge in [-0.1, -0.05) is 36.4 Å². The van der Waals surface area contributed by atoms with Gasteiger partial charge in [-0.25, -0.2) is 19.9 Å². The van der Waals surface area contributed by atoms with Crippen molar-refractivity contribution in [3.05, 3.63) is 103 Å². The third kappa shape index (κ3) is 3.21. The number of fused-ring (bicyclic) bond motifs is 5. The van der Waals surface area contributed by atoms with Crippen molar-refractivity contribution in [2.24, 2.45) is 0 Å². The average Bonchev–Trinajstić information content (AvgIpc) is 3.33. The number of rotatable bonds is 3. The number of pyridine rings is 2. The lowest BCUT2D eigenvalue weighted by Gasteiger charge is -2.11. The van der Waals surface area contributed by atoms with E-state index in [2.05, 4.69) is 9.97 Å². The van der Waals surface area contributed by atoms with Gasteiger partial charge in [0.15, 0.2) is 11.6 Å². The number of hydrogen-bond acceptors (Lipinski definition) is 6. The highest BCUT2D eigenvalue weighted by Crippen LogP contribution is 2.30. The first-order valence-electron chi connectivity index (χ1n) is 11.2. The van der Waals surface area contributed by atoms with Crippen molar-refractivity contribution in [3.8, 4) is 34.4 Å². The minimum absolute atomic E-state index is 0.479. The lowest BCUT2D eigenvalue weighted by molar-refractivity contribution is 1.07. The number of benzene rings is 2. The van der Waals surface area contributed by atoms with Gasteiger partial charge in [0.2, 0.25) is 0 Å². The van der Waals surface area contributed by atoms with Crippen molar-refractivity contribution in [1.29, 1.82) is 0 Å². The first-order valence-corrected chi connectivity index (χ1v) is 11.2. The van der Waals surface area contributed by atoms with E-state index in [-0.39, 0.29) is 0 Å². The van der Waals surface area contributed by atoms with Crippen LogP contribution in [0.5, 0.6) is 0 Å². The monoisotopic (exact) mass is 451 g/mol. The zero-order valence-corrected chi connectivity index (χ0v) is 18.4. The Bertz CT molecular complexity index is 1790. The molecule has 0 aliphatic heterocycles. The van der Waals surface area contributed by atoms with Crippen molar-refractivity contribution >= 4 is 27.6 Å². The van der Waals surface area contributed by atoms with E-state index in [9.17, 15) is 0 Å². The smallest absolute Gasteiger partial charge is 0.197 e. The number of imidazole rings is 1. The van der Waals surface area contributed by atoms with Gasteiger partial charge >= 0.3 is 0 Å². The standard InChI is InChI=1S/C28H17N7/c1-2-10-19-18(9-1)27-34-22-13-3-4-14-25(22)35(27)28(33-19)26-31-23(20-11-5-7-15-29-20)17-24(32-26)21-12-6-8-16-30-21/h1-17H. The molecule has 0 unspecified atom stereocenters. The van der Waals surface area contributed by atoms with Crippen LogP contribution in [0.3, 0.4) is 0 Å². The minimum atomic E-state index is 0.479. The average molecular weight is 451 g/mol. The number of nitrogens with zero attached hydrogens (tertiary/aromatic N) is 7. The summed E-state index contributed by atoms with van der Waals surface area (Å²) in [6.45, 7) is 0. The first kappa shape index (κ1) is 19.4. The van der Waals surface area contributed by atoms with E-state index in [0.29, 0.717) is 23.0 Å². The van der Waals surface area contributed by atoms with Crippen molar-refractivity contribution < 1.29 is 0 Å². The number of aromatic nitrogens is 7. The lowest BCUT2D eigenvalue weighted by Crippen LogP contribution is -2.04. The molecule has 0 spiro atoms. The van der Waals surface area contributed by atoms with Crippen molar-refractivity contribution in [2.75, 3.05) is 0 Å². The van der Waals surface area contributed by atoms with Crippen LogP contribution >= 0.6 is 0 Å². The molecule has 5 aromatic heterocycles. The Kier molecular flexibility index (Phi) is 4.32.